The second-order valence-corrected chi connectivity index (χ2v) is 6.25. The number of nitrogens with zero attached hydrogens (tertiary/aromatic N) is 1. The molecule has 0 amide bonds. The van der Waals surface area contributed by atoms with Gasteiger partial charge in [-0.05, 0) is 17.2 Å². The molecule has 3 rings (SSSR count). The van der Waals surface area contributed by atoms with Gasteiger partial charge in [0.05, 0.1) is 4.92 Å². The zero-order chi connectivity index (χ0) is 17.1. The molecule has 0 radical (unpaired) electrons. The van der Waals surface area contributed by atoms with Gasteiger partial charge < -0.3 is 5.11 Å². The van der Waals surface area contributed by atoms with Crippen molar-refractivity contribution in [2.45, 2.75) is 5.92 Å². The Kier molecular flexibility index (Phi) is 4.39. The molecule has 5 nitrogen and oxygen atoms in total. The molecule has 1 heterocycles. The summed E-state index contributed by atoms with van der Waals surface area (Å²) in [6.45, 7) is 0. The Hall–Kier alpha value is -2.99. The monoisotopic (exact) mass is 339 g/mol. The van der Waals surface area contributed by atoms with Crippen molar-refractivity contribution < 1.29 is 14.8 Å². The Morgan fingerprint density at radius 3 is 2.58 bits per heavy atom. The molecule has 6 heteroatoms. The van der Waals surface area contributed by atoms with Gasteiger partial charge in [-0.1, -0.05) is 59.9 Å². The first-order chi connectivity index (χ1) is 11.6. The van der Waals surface area contributed by atoms with Crippen molar-refractivity contribution in [2.75, 3.05) is 0 Å². The molecule has 0 saturated carbocycles. The molecule has 0 aliphatic rings. The standard InChI is InChI=1S/C18H13NO4S/c20-18(21)10-9-13(12-5-2-1-3-6-12)14-7-4-8-16-15(14)11-17(24-16)19(22)23/h1-11,13H,(H,20,21)/b10-9+. The van der Waals surface area contributed by atoms with Gasteiger partial charge in [0, 0.05) is 28.1 Å². The van der Waals surface area contributed by atoms with Gasteiger partial charge in [0.15, 0.2) is 0 Å². The van der Waals surface area contributed by atoms with E-state index in [-0.39, 0.29) is 10.9 Å². The molecule has 1 atom stereocenters. The molecule has 24 heavy (non-hydrogen) atoms. The second kappa shape index (κ2) is 6.64. The molecule has 0 fully saturated rings. The molecule has 1 unspecified atom stereocenters. The molecular formula is C18H13NO4S. The van der Waals surface area contributed by atoms with E-state index in [1.54, 1.807) is 12.1 Å². The van der Waals surface area contributed by atoms with Gasteiger partial charge in [0.25, 0.3) is 0 Å². The van der Waals surface area contributed by atoms with Crippen LogP contribution >= 0.6 is 11.3 Å². The van der Waals surface area contributed by atoms with E-state index in [9.17, 15) is 14.9 Å². The third kappa shape index (κ3) is 3.18. The summed E-state index contributed by atoms with van der Waals surface area (Å²) in [5, 5.41) is 20.9. The summed E-state index contributed by atoms with van der Waals surface area (Å²) in [6, 6.07) is 16.6. The number of carbonyl (C=O) groups is 1. The van der Waals surface area contributed by atoms with Crippen molar-refractivity contribution in [3.8, 4) is 0 Å². The van der Waals surface area contributed by atoms with Gasteiger partial charge >= 0.3 is 11.0 Å². The molecule has 2 aromatic carbocycles. The van der Waals surface area contributed by atoms with Crippen LogP contribution in [0.1, 0.15) is 17.0 Å². The van der Waals surface area contributed by atoms with Gasteiger partial charge in [0.2, 0.25) is 0 Å². The molecular weight excluding hydrogens is 326 g/mol. The molecule has 0 aliphatic carbocycles. The van der Waals surface area contributed by atoms with Crippen molar-refractivity contribution in [1.29, 1.82) is 0 Å². The largest absolute Gasteiger partial charge is 0.478 e. The van der Waals surface area contributed by atoms with Crippen molar-refractivity contribution in [1.82, 2.24) is 0 Å². The van der Waals surface area contributed by atoms with Crippen LogP contribution in [-0.4, -0.2) is 16.0 Å². The number of hydrogen-bond donors (Lipinski definition) is 1. The number of allylic oxidation sites excluding steroid dienone is 1. The van der Waals surface area contributed by atoms with Crippen LogP contribution in [0, 0.1) is 10.1 Å². The Labute approximate surface area is 141 Å². The van der Waals surface area contributed by atoms with E-state index in [1.807, 2.05) is 48.5 Å². The molecule has 0 saturated heterocycles. The predicted molar refractivity (Wildman–Crippen MR) is 93.5 cm³/mol. The lowest BCUT2D eigenvalue weighted by Gasteiger charge is -2.15. The van der Waals surface area contributed by atoms with Gasteiger partial charge in [-0.25, -0.2) is 4.79 Å². The maximum absolute atomic E-state index is 11.1. The minimum atomic E-state index is -1.03. The van der Waals surface area contributed by atoms with E-state index in [2.05, 4.69) is 0 Å². The molecule has 120 valence electrons. The van der Waals surface area contributed by atoms with Gasteiger partial charge in [-0.3, -0.25) is 10.1 Å². The highest BCUT2D eigenvalue weighted by Crippen LogP contribution is 2.38. The minimum Gasteiger partial charge on any atom is -0.478 e. The summed E-state index contributed by atoms with van der Waals surface area (Å²) in [5.41, 5.74) is 1.77. The third-order valence-corrected chi connectivity index (χ3v) is 4.74. The fourth-order valence-corrected chi connectivity index (χ4v) is 3.57. The Morgan fingerprint density at radius 2 is 1.92 bits per heavy atom. The normalized spacial score (nSPS) is 12.5. The van der Waals surface area contributed by atoms with Crippen LogP contribution in [0.15, 0.2) is 66.7 Å². The summed E-state index contributed by atoms with van der Waals surface area (Å²) in [6.07, 6.45) is 2.72. The number of benzene rings is 2. The summed E-state index contributed by atoms with van der Waals surface area (Å²) < 4.78 is 0.809. The van der Waals surface area contributed by atoms with E-state index in [1.165, 1.54) is 0 Å². The number of rotatable bonds is 5. The number of thiophene rings is 1. The van der Waals surface area contributed by atoms with Crippen LogP contribution in [0.25, 0.3) is 10.1 Å². The Balaban J connectivity index is 2.19. The molecule has 0 aliphatic heterocycles. The number of hydrogen-bond acceptors (Lipinski definition) is 4. The fraction of sp³-hybridized carbons (Fsp3) is 0.0556. The van der Waals surface area contributed by atoms with E-state index < -0.39 is 10.9 Å². The first-order valence-corrected chi connectivity index (χ1v) is 8.01. The van der Waals surface area contributed by atoms with E-state index in [4.69, 9.17) is 5.11 Å². The summed E-state index contributed by atoms with van der Waals surface area (Å²) in [5.74, 6) is -1.32. The lowest BCUT2D eigenvalue weighted by atomic mass is 9.89. The smallest absolute Gasteiger partial charge is 0.328 e. The number of nitro groups is 1. The number of carboxylic acids is 1. The molecule has 0 bridgehead atoms. The quantitative estimate of drug-likeness (QED) is 0.419. The number of carboxylic acid groups (broad SMARTS) is 1. The molecule has 3 aromatic rings. The Bertz CT molecular complexity index is 931. The van der Waals surface area contributed by atoms with Crippen LogP contribution < -0.4 is 0 Å². The van der Waals surface area contributed by atoms with Crippen molar-refractivity contribution in [3.05, 3.63) is 88.0 Å². The fourth-order valence-electron chi connectivity index (χ4n) is 2.66. The lowest BCUT2D eigenvalue weighted by molar-refractivity contribution is -0.380. The highest BCUT2D eigenvalue weighted by molar-refractivity contribution is 7.22. The lowest BCUT2D eigenvalue weighted by Crippen LogP contribution is -2.00. The van der Waals surface area contributed by atoms with Crippen LogP contribution in [0.2, 0.25) is 0 Å². The zero-order valence-corrected chi connectivity index (χ0v) is 13.3. The average molecular weight is 339 g/mol. The highest BCUT2D eigenvalue weighted by Gasteiger charge is 2.19. The van der Waals surface area contributed by atoms with E-state index in [0.29, 0.717) is 0 Å². The first-order valence-electron chi connectivity index (χ1n) is 7.19. The van der Waals surface area contributed by atoms with Crippen LogP contribution in [0.3, 0.4) is 0 Å². The van der Waals surface area contributed by atoms with E-state index >= 15 is 0 Å². The van der Waals surface area contributed by atoms with Crippen LogP contribution in [0.5, 0.6) is 0 Å². The minimum absolute atomic E-state index is 0.0754. The van der Waals surface area contributed by atoms with Crippen LogP contribution in [0.4, 0.5) is 5.00 Å². The molecule has 0 spiro atoms. The highest BCUT2D eigenvalue weighted by atomic mass is 32.1. The number of aliphatic carboxylic acids is 1. The van der Waals surface area contributed by atoms with Gasteiger partial charge in [0.1, 0.15) is 0 Å². The average Bonchev–Trinajstić information content (AvgIpc) is 3.01. The maximum atomic E-state index is 11.1. The summed E-state index contributed by atoms with van der Waals surface area (Å²) in [4.78, 5) is 21.6. The molecule has 1 N–H and O–H groups in total. The van der Waals surface area contributed by atoms with Crippen molar-refractivity contribution in [3.63, 3.8) is 0 Å². The number of fused-ring (bicyclic) bond motifs is 1. The second-order valence-electron chi connectivity index (χ2n) is 5.19. The van der Waals surface area contributed by atoms with Gasteiger partial charge in [-0.2, -0.15) is 0 Å². The summed E-state index contributed by atoms with van der Waals surface area (Å²) in [7, 11) is 0. The third-order valence-electron chi connectivity index (χ3n) is 3.69. The van der Waals surface area contributed by atoms with Crippen molar-refractivity contribution >= 4 is 32.4 Å². The first kappa shape index (κ1) is 15.9. The topological polar surface area (TPSA) is 80.4 Å². The zero-order valence-electron chi connectivity index (χ0n) is 12.5. The Morgan fingerprint density at radius 1 is 1.17 bits per heavy atom. The van der Waals surface area contributed by atoms with E-state index in [0.717, 1.165) is 38.6 Å². The predicted octanol–water partition coefficient (Wildman–Crippen LogP) is 4.58. The maximum Gasteiger partial charge on any atom is 0.328 e. The summed E-state index contributed by atoms with van der Waals surface area (Å²) >= 11 is 1.12. The van der Waals surface area contributed by atoms with Crippen molar-refractivity contribution in [2.24, 2.45) is 0 Å². The van der Waals surface area contributed by atoms with Crippen LogP contribution in [-0.2, 0) is 4.79 Å². The van der Waals surface area contributed by atoms with Gasteiger partial charge in [-0.15, -0.1) is 0 Å². The SMILES string of the molecule is O=C(O)/C=C/C(c1ccccc1)c1cccc2sc([N+](=O)[O-])cc12. The molecule has 1 aromatic heterocycles.